The molecule has 0 fully saturated rings. The number of ether oxygens (including phenoxy) is 1. The Morgan fingerprint density at radius 2 is 1.96 bits per heavy atom. The Labute approximate surface area is 162 Å². The number of anilines is 1. The molecule has 1 aliphatic heterocycles. The van der Waals surface area contributed by atoms with Crippen LogP contribution in [0.5, 0.6) is 5.75 Å². The highest BCUT2D eigenvalue weighted by Gasteiger charge is 2.25. The molecule has 0 radical (unpaired) electrons. The highest BCUT2D eigenvalue weighted by molar-refractivity contribution is 5.98. The van der Waals surface area contributed by atoms with Gasteiger partial charge in [-0.25, -0.2) is 0 Å². The van der Waals surface area contributed by atoms with Crippen LogP contribution in [0.4, 0.5) is 5.69 Å². The van der Waals surface area contributed by atoms with Crippen molar-refractivity contribution in [2.75, 3.05) is 11.5 Å². The van der Waals surface area contributed by atoms with Gasteiger partial charge in [-0.2, -0.15) is 0 Å². The number of hydrogen-bond donors (Lipinski definition) is 1. The molecule has 1 N–H and O–H groups in total. The normalized spacial score (nSPS) is 13.0. The number of hydrogen-bond acceptors (Lipinski definition) is 4. The van der Waals surface area contributed by atoms with Gasteiger partial charge in [-0.15, -0.1) is 0 Å². The van der Waals surface area contributed by atoms with E-state index in [1.807, 2.05) is 43.3 Å². The second kappa shape index (κ2) is 7.60. The maximum atomic E-state index is 12.3. The van der Waals surface area contributed by atoms with E-state index in [0.717, 1.165) is 16.8 Å². The van der Waals surface area contributed by atoms with E-state index < -0.39 is 0 Å². The van der Waals surface area contributed by atoms with Crippen molar-refractivity contribution in [1.82, 2.24) is 5.32 Å². The van der Waals surface area contributed by atoms with Crippen molar-refractivity contribution >= 4 is 17.5 Å². The predicted octanol–water partition coefficient (Wildman–Crippen LogP) is 3.44. The predicted molar refractivity (Wildman–Crippen MR) is 104 cm³/mol. The number of carbonyl (C=O) groups excluding carboxylic acids is 2. The zero-order valence-corrected chi connectivity index (χ0v) is 15.5. The number of carbonyl (C=O) groups is 2. The minimum atomic E-state index is -0.175. The largest absolute Gasteiger partial charge is 0.482 e. The average molecular weight is 376 g/mol. The summed E-state index contributed by atoms with van der Waals surface area (Å²) in [4.78, 5) is 26.3. The fraction of sp³-hybridized carbons (Fsp3) is 0.182. The Balaban J connectivity index is 1.44. The number of benzene rings is 2. The lowest BCUT2D eigenvalue weighted by Gasteiger charge is -2.29. The summed E-state index contributed by atoms with van der Waals surface area (Å²) in [6, 6.07) is 16.6. The summed E-state index contributed by atoms with van der Waals surface area (Å²) in [7, 11) is 0. The summed E-state index contributed by atoms with van der Waals surface area (Å²) < 4.78 is 10.7. The molecule has 2 aromatic carbocycles. The van der Waals surface area contributed by atoms with Crippen LogP contribution in [0.25, 0.3) is 0 Å². The second-order valence-electron chi connectivity index (χ2n) is 6.70. The Morgan fingerprint density at radius 3 is 2.71 bits per heavy atom. The standard InChI is InChI=1S/C22H20N2O4/c1-15-4-9-19-20(11-15)28-14-21(25)24(19)13-16-5-7-17(8-6-16)22(26)23-12-18-3-2-10-27-18/h2-11H,12-14H2,1H3,(H,23,26). The zero-order valence-electron chi connectivity index (χ0n) is 15.5. The van der Waals surface area contributed by atoms with E-state index in [4.69, 9.17) is 9.15 Å². The lowest BCUT2D eigenvalue weighted by Crippen LogP contribution is -2.38. The van der Waals surface area contributed by atoms with Crippen LogP contribution >= 0.6 is 0 Å². The lowest BCUT2D eigenvalue weighted by atomic mass is 10.1. The lowest BCUT2D eigenvalue weighted by molar-refractivity contribution is -0.121. The number of aryl methyl sites for hydroxylation is 1. The van der Waals surface area contributed by atoms with Gasteiger partial charge < -0.3 is 19.4 Å². The zero-order chi connectivity index (χ0) is 19.5. The molecule has 0 unspecified atom stereocenters. The number of furan rings is 1. The van der Waals surface area contributed by atoms with Crippen molar-refractivity contribution in [1.29, 1.82) is 0 Å². The van der Waals surface area contributed by atoms with Crippen molar-refractivity contribution in [3.8, 4) is 5.75 Å². The molecule has 4 rings (SSSR count). The Bertz CT molecular complexity index is 994. The Hall–Kier alpha value is -3.54. The maximum absolute atomic E-state index is 12.3. The molecule has 2 amide bonds. The number of nitrogens with one attached hydrogen (secondary N) is 1. The smallest absolute Gasteiger partial charge is 0.265 e. The highest BCUT2D eigenvalue weighted by atomic mass is 16.5. The van der Waals surface area contributed by atoms with Gasteiger partial charge in [0.2, 0.25) is 0 Å². The van der Waals surface area contributed by atoms with E-state index in [0.29, 0.717) is 30.2 Å². The van der Waals surface area contributed by atoms with Crippen LogP contribution in [-0.4, -0.2) is 18.4 Å². The molecule has 0 aliphatic carbocycles. The first-order chi connectivity index (χ1) is 13.6. The first-order valence-corrected chi connectivity index (χ1v) is 9.03. The van der Waals surface area contributed by atoms with Crippen molar-refractivity contribution < 1.29 is 18.7 Å². The summed E-state index contributed by atoms with van der Waals surface area (Å²) >= 11 is 0. The minimum Gasteiger partial charge on any atom is -0.482 e. The molecule has 0 saturated heterocycles. The van der Waals surface area contributed by atoms with Crippen LogP contribution in [0.3, 0.4) is 0 Å². The number of rotatable bonds is 5. The molecular weight excluding hydrogens is 356 g/mol. The minimum absolute atomic E-state index is 0.0315. The van der Waals surface area contributed by atoms with Crippen LogP contribution in [0.15, 0.2) is 65.3 Å². The van der Waals surface area contributed by atoms with Crippen LogP contribution < -0.4 is 15.0 Å². The number of fused-ring (bicyclic) bond motifs is 1. The van der Waals surface area contributed by atoms with Crippen LogP contribution in [0.1, 0.15) is 27.2 Å². The van der Waals surface area contributed by atoms with Gasteiger partial charge >= 0.3 is 0 Å². The van der Waals surface area contributed by atoms with Crippen molar-refractivity contribution in [2.24, 2.45) is 0 Å². The third-order valence-electron chi connectivity index (χ3n) is 4.62. The highest BCUT2D eigenvalue weighted by Crippen LogP contribution is 2.33. The molecule has 2 heterocycles. The number of nitrogens with zero attached hydrogens (tertiary/aromatic N) is 1. The first-order valence-electron chi connectivity index (χ1n) is 9.03. The Kier molecular flexibility index (Phi) is 4.85. The summed E-state index contributed by atoms with van der Waals surface area (Å²) in [6.07, 6.45) is 1.57. The quantitative estimate of drug-likeness (QED) is 0.740. The molecule has 6 nitrogen and oxygen atoms in total. The van der Waals surface area contributed by atoms with Gasteiger partial charge in [0.05, 0.1) is 25.0 Å². The average Bonchev–Trinajstić information content (AvgIpc) is 3.22. The Morgan fingerprint density at radius 1 is 1.14 bits per heavy atom. The summed E-state index contributed by atoms with van der Waals surface area (Å²) in [5.74, 6) is 1.15. The SMILES string of the molecule is Cc1ccc2c(c1)OCC(=O)N2Cc1ccc(C(=O)NCc2ccco2)cc1. The fourth-order valence-electron chi connectivity index (χ4n) is 3.11. The number of amides is 2. The van der Waals surface area contributed by atoms with E-state index in [1.54, 1.807) is 29.4 Å². The van der Waals surface area contributed by atoms with E-state index in [9.17, 15) is 9.59 Å². The molecule has 1 aliphatic rings. The van der Waals surface area contributed by atoms with E-state index in [-0.39, 0.29) is 18.4 Å². The molecule has 1 aromatic heterocycles. The van der Waals surface area contributed by atoms with Crippen molar-refractivity contribution in [3.63, 3.8) is 0 Å². The molecule has 0 spiro atoms. The topological polar surface area (TPSA) is 71.8 Å². The van der Waals surface area contributed by atoms with Gasteiger partial charge in [-0.1, -0.05) is 18.2 Å². The third-order valence-corrected chi connectivity index (χ3v) is 4.62. The molecule has 3 aromatic rings. The monoisotopic (exact) mass is 376 g/mol. The summed E-state index contributed by atoms with van der Waals surface area (Å²) in [5, 5.41) is 2.81. The molecule has 0 bridgehead atoms. The molecule has 6 heteroatoms. The van der Waals surface area contributed by atoms with Crippen LogP contribution in [0.2, 0.25) is 0 Å². The van der Waals surface area contributed by atoms with Gasteiger partial charge in [-0.3, -0.25) is 9.59 Å². The first kappa shape index (κ1) is 17.9. The molecule has 28 heavy (non-hydrogen) atoms. The third kappa shape index (κ3) is 3.76. The molecule has 142 valence electrons. The fourth-order valence-corrected chi connectivity index (χ4v) is 3.11. The molecule has 0 atom stereocenters. The van der Waals surface area contributed by atoms with E-state index >= 15 is 0 Å². The van der Waals surface area contributed by atoms with Crippen molar-refractivity contribution in [3.05, 3.63) is 83.3 Å². The van der Waals surface area contributed by atoms with Gasteiger partial charge in [-0.05, 0) is 54.4 Å². The van der Waals surface area contributed by atoms with Gasteiger partial charge in [0.15, 0.2) is 6.61 Å². The summed E-state index contributed by atoms with van der Waals surface area (Å²) in [5.41, 5.74) is 3.34. The summed E-state index contributed by atoms with van der Waals surface area (Å²) in [6.45, 7) is 2.78. The molecular formula is C22H20N2O4. The van der Waals surface area contributed by atoms with Gasteiger partial charge in [0.1, 0.15) is 11.5 Å². The van der Waals surface area contributed by atoms with E-state index in [2.05, 4.69) is 5.32 Å². The van der Waals surface area contributed by atoms with Crippen LogP contribution in [0, 0.1) is 6.92 Å². The van der Waals surface area contributed by atoms with E-state index in [1.165, 1.54) is 0 Å². The van der Waals surface area contributed by atoms with Crippen molar-refractivity contribution in [2.45, 2.75) is 20.0 Å². The molecule has 0 saturated carbocycles. The maximum Gasteiger partial charge on any atom is 0.265 e. The van der Waals surface area contributed by atoms with Crippen LogP contribution in [-0.2, 0) is 17.9 Å². The van der Waals surface area contributed by atoms with Gasteiger partial charge in [0.25, 0.3) is 11.8 Å². The van der Waals surface area contributed by atoms with Gasteiger partial charge in [0, 0.05) is 5.56 Å². The second-order valence-corrected chi connectivity index (χ2v) is 6.70.